The zero-order chi connectivity index (χ0) is 19.3. The van der Waals surface area contributed by atoms with Gasteiger partial charge in [-0.3, -0.25) is 4.90 Å². The smallest absolute Gasteiger partial charge is 0.410 e. The lowest BCUT2D eigenvalue weighted by Crippen LogP contribution is -2.50. The molecular formula is C20H28N4O3. The van der Waals surface area contributed by atoms with Crippen LogP contribution in [0.25, 0.3) is 0 Å². The Morgan fingerprint density at radius 3 is 2.67 bits per heavy atom. The summed E-state index contributed by atoms with van der Waals surface area (Å²) in [6.45, 7) is 10.1. The lowest BCUT2D eigenvalue weighted by atomic mass is 10.1. The highest BCUT2D eigenvalue weighted by molar-refractivity contribution is 5.68. The van der Waals surface area contributed by atoms with Crippen molar-refractivity contribution in [3.05, 3.63) is 42.1 Å². The molecule has 2 aliphatic rings. The Hall–Kier alpha value is -2.41. The molecule has 0 saturated carbocycles. The van der Waals surface area contributed by atoms with Crippen molar-refractivity contribution >= 4 is 6.09 Å². The molecule has 1 aromatic rings. The number of amides is 1. The summed E-state index contributed by atoms with van der Waals surface area (Å²) in [5.74, 6) is 0.843. The van der Waals surface area contributed by atoms with E-state index in [1.165, 1.54) is 0 Å². The molecule has 0 spiro atoms. The van der Waals surface area contributed by atoms with Gasteiger partial charge in [0.15, 0.2) is 0 Å². The molecule has 0 radical (unpaired) electrons. The van der Waals surface area contributed by atoms with Crippen molar-refractivity contribution in [3.63, 3.8) is 0 Å². The number of piperazine rings is 1. The highest BCUT2D eigenvalue weighted by atomic mass is 16.6. The summed E-state index contributed by atoms with van der Waals surface area (Å²) in [5.41, 5.74) is 0.627. The van der Waals surface area contributed by atoms with Crippen molar-refractivity contribution in [2.24, 2.45) is 10.2 Å². The fourth-order valence-corrected chi connectivity index (χ4v) is 3.01. The average molecular weight is 372 g/mol. The zero-order valence-corrected chi connectivity index (χ0v) is 16.3. The average Bonchev–Trinajstić information content (AvgIpc) is 3.16. The fourth-order valence-electron chi connectivity index (χ4n) is 3.01. The van der Waals surface area contributed by atoms with Gasteiger partial charge in [-0.25, -0.2) is 4.79 Å². The van der Waals surface area contributed by atoms with Gasteiger partial charge in [0.2, 0.25) is 0 Å². The van der Waals surface area contributed by atoms with Crippen LogP contribution < -0.4 is 4.74 Å². The number of carbonyl (C=O) groups is 1. The molecule has 7 nitrogen and oxygen atoms in total. The van der Waals surface area contributed by atoms with Crippen LogP contribution in [0.3, 0.4) is 0 Å². The molecule has 0 unspecified atom stereocenters. The van der Waals surface area contributed by atoms with E-state index in [2.05, 4.69) is 15.1 Å². The Morgan fingerprint density at radius 1 is 1.22 bits per heavy atom. The summed E-state index contributed by atoms with van der Waals surface area (Å²) in [5, 5.41) is 8.04. The molecule has 27 heavy (non-hydrogen) atoms. The lowest BCUT2D eigenvalue weighted by Gasteiger charge is -2.35. The Balaban J connectivity index is 1.39. The van der Waals surface area contributed by atoms with Crippen LogP contribution in [-0.4, -0.2) is 60.8 Å². The molecule has 0 bridgehead atoms. The maximum absolute atomic E-state index is 12.1. The summed E-state index contributed by atoms with van der Waals surface area (Å²) < 4.78 is 11.3. The third kappa shape index (κ3) is 5.79. The van der Waals surface area contributed by atoms with Gasteiger partial charge in [-0.2, -0.15) is 10.2 Å². The first-order valence-electron chi connectivity index (χ1n) is 9.40. The van der Waals surface area contributed by atoms with Gasteiger partial charge in [0.1, 0.15) is 24.0 Å². The van der Waals surface area contributed by atoms with Crippen LogP contribution in [0.15, 0.2) is 46.8 Å². The molecule has 2 heterocycles. The fraction of sp³-hybridized carbons (Fsp3) is 0.550. The van der Waals surface area contributed by atoms with Crippen LogP contribution in [0.5, 0.6) is 5.75 Å². The number of azo groups is 1. The summed E-state index contributed by atoms with van der Waals surface area (Å²) in [7, 11) is 0. The lowest BCUT2D eigenvalue weighted by molar-refractivity contribution is 0.0137. The SMILES string of the molecule is CC(C)(C)OC(=O)N1CCN(CCOc2cccc([C@H]3C=CN=N3)c2)CC1. The van der Waals surface area contributed by atoms with Crippen LogP contribution in [0, 0.1) is 0 Å². The predicted molar refractivity (Wildman–Crippen MR) is 103 cm³/mol. The van der Waals surface area contributed by atoms with Crippen LogP contribution >= 0.6 is 0 Å². The Labute approximate surface area is 160 Å². The standard InChI is InChI=1S/C20H28N4O3/c1-20(2,3)27-19(25)24-11-9-23(10-12-24)13-14-26-17-6-4-5-16(15-17)18-7-8-21-22-18/h4-8,15,18H,9-14H2,1-3H3/t18-/m1/s1. The van der Waals surface area contributed by atoms with E-state index in [4.69, 9.17) is 9.47 Å². The van der Waals surface area contributed by atoms with Crippen LogP contribution in [0.1, 0.15) is 32.4 Å². The van der Waals surface area contributed by atoms with Crippen LogP contribution in [0.4, 0.5) is 4.79 Å². The van der Waals surface area contributed by atoms with Gasteiger partial charge in [-0.15, -0.1) is 0 Å². The Kier molecular flexibility index (Phi) is 6.11. The molecule has 3 rings (SSSR count). The van der Waals surface area contributed by atoms with E-state index in [9.17, 15) is 4.79 Å². The predicted octanol–water partition coefficient (Wildman–Crippen LogP) is 3.64. The van der Waals surface area contributed by atoms with Gasteiger partial charge >= 0.3 is 6.09 Å². The summed E-state index contributed by atoms with van der Waals surface area (Å²) in [4.78, 5) is 16.2. The third-order valence-corrected chi connectivity index (χ3v) is 4.43. The molecule has 0 N–H and O–H groups in total. The van der Waals surface area contributed by atoms with Crippen LogP contribution in [-0.2, 0) is 4.74 Å². The first-order chi connectivity index (χ1) is 12.9. The monoisotopic (exact) mass is 372 g/mol. The van der Waals surface area contributed by atoms with E-state index >= 15 is 0 Å². The molecular weight excluding hydrogens is 344 g/mol. The van der Waals surface area contributed by atoms with E-state index in [0.29, 0.717) is 19.7 Å². The highest BCUT2D eigenvalue weighted by Gasteiger charge is 2.25. The van der Waals surface area contributed by atoms with E-state index < -0.39 is 5.60 Å². The van der Waals surface area contributed by atoms with Crippen molar-refractivity contribution in [2.45, 2.75) is 32.4 Å². The topological polar surface area (TPSA) is 66.7 Å². The molecule has 1 fully saturated rings. The molecule has 7 heteroatoms. The normalized spacial score (nSPS) is 20.1. The molecule has 2 aliphatic heterocycles. The first kappa shape index (κ1) is 19.4. The number of nitrogens with zero attached hydrogens (tertiary/aromatic N) is 4. The minimum atomic E-state index is -0.452. The molecule has 1 amide bonds. The number of ether oxygens (including phenoxy) is 2. The second-order valence-corrected chi connectivity index (χ2v) is 7.75. The molecule has 1 saturated heterocycles. The van der Waals surface area contributed by atoms with Gasteiger partial charge in [-0.1, -0.05) is 12.1 Å². The first-order valence-corrected chi connectivity index (χ1v) is 9.40. The number of benzene rings is 1. The second-order valence-electron chi connectivity index (χ2n) is 7.75. The zero-order valence-electron chi connectivity index (χ0n) is 16.3. The Morgan fingerprint density at radius 2 is 2.00 bits per heavy atom. The minimum absolute atomic E-state index is 0.00511. The van der Waals surface area contributed by atoms with E-state index in [1.54, 1.807) is 11.1 Å². The minimum Gasteiger partial charge on any atom is -0.492 e. The van der Waals surface area contributed by atoms with Gasteiger partial charge in [0.25, 0.3) is 0 Å². The van der Waals surface area contributed by atoms with Crippen LogP contribution in [0.2, 0.25) is 0 Å². The van der Waals surface area contributed by atoms with E-state index in [0.717, 1.165) is 30.9 Å². The largest absolute Gasteiger partial charge is 0.492 e. The van der Waals surface area contributed by atoms with E-state index in [-0.39, 0.29) is 12.1 Å². The number of hydrogen-bond donors (Lipinski definition) is 0. The van der Waals surface area contributed by atoms with Crippen molar-refractivity contribution in [3.8, 4) is 5.75 Å². The van der Waals surface area contributed by atoms with Gasteiger partial charge in [-0.05, 0) is 44.5 Å². The molecule has 0 aliphatic carbocycles. The van der Waals surface area contributed by atoms with Crippen molar-refractivity contribution in [1.29, 1.82) is 0 Å². The highest BCUT2D eigenvalue weighted by Crippen LogP contribution is 2.26. The number of carbonyl (C=O) groups excluding carboxylic acids is 1. The molecule has 0 aromatic heterocycles. The molecule has 146 valence electrons. The van der Waals surface area contributed by atoms with Crippen molar-refractivity contribution in [2.75, 3.05) is 39.3 Å². The molecule has 1 atom stereocenters. The van der Waals surface area contributed by atoms with Crippen molar-refractivity contribution in [1.82, 2.24) is 9.80 Å². The van der Waals surface area contributed by atoms with Gasteiger partial charge in [0.05, 0.1) is 0 Å². The molecule has 1 aromatic carbocycles. The third-order valence-electron chi connectivity index (χ3n) is 4.43. The van der Waals surface area contributed by atoms with Gasteiger partial charge in [0, 0.05) is 38.9 Å². The summed E-state index contributed by atoms with van der Waals surface area (Å²) in [6.07, 6.45) is 3.45. The van der Waals surface area contributed by atoms with Crippen molar-refractivity contribution < 1.29 is 14.3 Å². The number of hydrogen-bond acceptors (Lipinski definition) is 6. The maximum atomic E-state index is 12.1. The Bertz CT molecular complexity index is 691. The summed E-state index contributed by atoms with van der Waals surface area (Å²) in [6, 6.07) is 7.97. The quantitative estimate of drug-likeness (QED) is 0.791. The maximum Gasteiger partial charge on any atom is 0.410 e. The summed E-state index contributed by atoms with van der Waals surface area (Å²) >= 11 is 0. The van der Waals surface area contributed by atoms with E-state index in [1.807, 2.05) is 51.1 Å². The number of rotatable bonds is 5. The second kappa shape index (κ2) is 8.52. The van der Waals surface area contributed by atoms with Gasteiger partial charge < -0.3 is 14.4 Å².